The number of carbonyl (C=O) groups excluding carboxylic acids is 1. The molecule has 1 aliphatic carbocycles. The van der Waals surface area contributed by atoms with Crippen molar-refractivity contribution in [2.45, 2.75) is 119 Å². The Hall–Kier alpha value is -11.1. The summed E-state index contributed by atoms with van der Waals surface area (Å²) in [7, 11) is 8.20. The van der Waals surface area contributed by atoms with Crippen molar-refractivity contribution < 1.29 is 64.8 Å². The fourth-order valence-corrected chi connectivity index (χ4v) is 16.4. The first-order valence-electron chi connectivity index (χ1n) is 41.7. The number of hydrogen-bond donors (Lipinski definition) is 3. The largest absolute Gasteiger partial charge is 2.00 e. The molecule has 10 aromatic carbocycles. The normalized spacial score (nSPS) is 14.6. The standard InChI is InChI=1S/C28H29NO2S.C26H28ClNO.C26H29NO.C17H19N5.C6H8O4.2H2N.Pt/c30-27(21-13-15-23(16-14-21)31-20-19-29-17-7-2-8-18-29)26-24-11-5-6-12-25(24)32-28(26)22-9-3-1-4-10-22;1-28(2)19-20-29-24-15-13-23(14-16-24)26(22-11-7-4-8-12-22)25(17-18-27)21-9-5-3-6-10-21;1-4-25(21-11-7-5-8-12-21)26(22-13-9-6-10-14-22)23-15-17-24(18-16-23)28-20-19-27(2)3;1-16(2,9-18)14-5-13(8-22-12-20-11-21-22)6-15(7-14)17(3,4)10-19;7-4(8)6(5(9)10)2-1-3-6;;;/h1,3-6,9-16,26,28H,2,7-8,17-20H2;3-16H,17-20H2,1-2H3;5-18H,4,19-20H2,1-3H3;5-7,11-12H,8H2,1-4H3;1-3H2,(H,7,8)(H,9,10);2*1H2;/q;;;;;2*-1;+2/p+1/b;2*26-25-;;;;;. The molecule has 3 aliphatic rings. The van der Waals surface area contributed by atoms with E-state index in [0.29, 0.717) is 32.1 Å². The summed E-state index contributed by atoms with van der Waals surface area (Å²) in [5.41, 5.74) is 15.7. The number of rotatable bonds is 30. The van der Waals surface area contributed by atoms with E-state index in [2.05, 4.69) is 253 Å². The molecule has 0 spiro atoms. The smallest absolute Gasteiger partial charge is 0.693 e. The van der Waals surface area contributed by atoms with Gasteiger partial charge in [-0.25, -0.2) is 9.67 Å². The minimum Gasteiger partial charge on any atom is -0.693 e. The molecule has 0 radical (unpaired) electrons. The first kappa shape index (κ1) is 100. The minimum absolute atomic E-state index is 0. The number of ether oxygens (including phenoxy) is 3. The van der Waals surface area contributed by atoms with Gasteiger partial charge in [-0.15, -0.1) is 23.4 Å². The van der Waals surface area contributed by atoms with Gasteiger partial charge in [0.15, 0.2) is 11.2 Å². The van der Waals surface area contributed by atoms with Gasteiger partial charge in [-0.1, -0.05) is 219 Å². The Kier molecular flexibility index (Phi) is 40.4. The molecule has 0 amide bonds. The third kappa shape index (κ3) is 28.2. The van der Waals surface area contributed by atoms with E-state index in [0.717, 1.165) is 84.1 Å². The topological polar surface area (TPSA) is 276 Å². The monoisotopic (exact) mass is 1880 g/mol. The Morgan fingerprint density at radius 3 is 1.35 bits per heavy atom. The summed E-state index contributed by atoms with van der Waals surface area (Å²) >= 11 is 8.02. The van der Waals surface area contributed by atoms with Crippen molar-refractivity contribution in [3.05, 3.63) is 359 Å². The van der Waals surface area contributed by atoms with Crippen LogP contribution in [0.3, 0.4) is 0 Å². The fraction of sp³-hybridized carbons (Fsp3) is 0.311. The SMILES string of the molecule is CC(C)(C#N)c1cc(Cn2cncn2)cc(C(C)(C)C#N)c1.CC/C(=C(\c1ccccc1)c1ccc(OCCN(C)C)cc1)c1ccccc1.CN(C)CCOc1ccc(/C(=C(/CCCl)c2ccccc2)c2ccccc2)cc1.O=C(O)C1(C(=O)O)CCC1.O=C(c1ccc(OCC[NH+]2CCCCC2)cc1)C1c2ccccc2SC1c1ccccc1.[NH2-].[NH2-].[Pt+2]. The van der Waals surface area contributed by atoms with Gasteiger partial charge in [0.1, 0.15) is 56.3 Å². The molecule has 1 aromatic heterocycles. The summed E-state index contributed by atoms with van der Waals surface area (Å²) in [5, 5.41) is 40.0. The van der Waals surface area contributed by atoms with Crippen LogP contribution in [0.2, 0.25) is 0 Å². The molecule has 2 atom stereocenters. The van der Waals surface area contributed by atoms with Crippen molar-refractivity contribution >= 4 is 63.4 Å². The zero-order chi connectivity index (χ0) is 86.2. The van der Waals surface area contributed by atoms with Crippen molar-refractivity contribution in [2.24, 2.45) is 5.41 Å². The Morgan fingerprint density at radius 1 is 0.540 bits per heavy atom. The number of quaternary nitrogens is 1. The van der Waals surface area contributed by atoms with Crippen molar-refractivity contribution in [3.63, 3.8) is 0 Å². The fourth-order valence-electron chi connectivity index (χ4n) is 14.8. The number of carbonyl (C=O) groups is 3. The third-order valence-electron chi connectivity index (χ3n) is 22.0. The van der Waals surface area contributed by atoms with Crippen LogP contribution in [-0.4, -0.2) is 139 Å². The maximum absolute atomic E-state index is 13.7. The molecule has 2 aliphatic heterocycles. The number of carboxylic acids is 2. The number of alkyl halides is 1. The maximum Gasteiger partial charge on any atom is 2.00 e. The van der Waals surface area contributed by atoms with E-state index in [-0.39, 0.29) is 63.2 Å². The number of nitrogens with one attached hydrogen (secondary N) is 1. The number of likely N-dealkylation sites (tertiary alicyclic amines) is 1. The number of piperidine rings is 1. The predicted octanol–water partition coefficient (Wildman–Crippen LogP) is 21.8. The number of nitrogens with zero attached hydrogens (tertiary/aromatic N) is 7. The van der Waals surface area contributed by atoms with Gasteiger partial charge in [-0.2, -0.15) is 15.6 Å². The van der Waals surface area contributed by atoms with Crippen molar-refractivity contribution in [2.75, 3.05) is 86.6 Å². The summed E-state index contributed by atoms with van der Waals surface area (Å²) in [4.78, 5) is 45.4. The Bertz CT molecular complexity index is 5180. The second kappa shape index (κ2) is 50.0. The number of nitriles is 2. The van der Waals surface area contributed by atoms with Gasteiger partial charge in [0, 0.05) is 34.7 Å². The minimum atomic E-state index is -1.44. The van der Waals surface area contributed by atoms with E-state index >= 15 is 0 Å². The zero-order valence-corrected chi connectivity index (χ0v) is 76.5. The molecule has 1 saturated heterocycles. The zero-order valence-electron chi connectivity index (χ0n) is 72.7. The molecule has 7 N–H and O–H groups in total. The van der Waals surface area contributed by atoms with Gasteiger partial charge in [0.25, 0.3) is 0 Å². The summed E-state index contributed by atoms with van der Waals surface area (Å²) in [6, 6.07) is 96.3. The number of benzene rings is 10. The first-order chi connectivity index (χ1) is 58.5. The molecular formula is C103H118ClN10O8PtS+. The van der Waals surface area contributed by atoms with Gasteiger partial charge in [-0.3, -0.25) is 14.4 Å². The van der Waals surface area contributed by atoms with E-state index in [9.17, 15) is 24.9 Å². The van der Waals surface area contributed by atoms with Crippen LogP contribution >= 0.6 is 23.4 Å². The van der Waals surface area contributed by atoms with E-state index in [4.69, 9.17) is 36.0 Å². The molecule has 14 rings (SSSR count). The van der Waals surface area contributed by atoms with Crippen LogP contribution in [0.4, 0.5) is 0 Å². The quantitative estimate of drug-likeness (QED) is 0.0163. The first-order valence-corrected chi connectivity index (χ1v) is 43.1. The average Bonchev–Trinajstić information content (AvgIpc) is 1.64. The number of likely N-dealkylation sites (N-methyl/N-ethyl adjacent to an activating group) is 2. The van der Waals surface area contributed by atoms with Crippen molar-refractivity contribution in [1.29, 1.82) is 10.5 Å². The molecule has 0 bridgehead atoms. The van der Waals surface area contributed by atoms with E-state index < -0.39 is 28.2 Å². The molecule has 2 unspecified atom stereocenters. The number of thioether (sulfide) groups is 1. The third-order valence-corrected chi connectivity index (χ3v) is 23.7. The number of aromatic nitrogens is 3. The molecule has 124 heavy (non-hydrogen) atoms. The predicted molar refractivity (Wildman–Crippen MR) is 499 cm³/mol. The van der Waals surface area contributed by atoms with Crippen molar-refractivity contribution in [3.8, 4) is 29.4 Å². The van der Waals surface area contributed by atoms with E-state index in [1.807, 2.05) is 109 Å². The molecule has 2 fully saturated rings. The average molecular weight is 1890 g/mol. The van der Waals surface area contributed by atoms with Crippen LogP contribution in [-0.2, 0) is 48.0 Å². The number of carboxylic acid groups (broad SMARTS) is 2. The van der Waals surface area contributed by atoms with Crippen molar-refractivity contribution in [1.82, 2.24) is 24.6 Å². The summed E-state index contributed by atoms with van der Waals surface area (Å²) < 4.78 is 19.4. The van der Waals surface area contributed by atoms with Crippen LogP contribution < -0.4 is 19.1 Å². The van der Waals surface area contributed by atoms with Crippen LogP contribution in [0.15, 0.2) is 284 Å². The van der Waals surface area contributed by atoms with Gasteiger partial charge in [0.05, 0.1) is 48.5 Å². The van der Waals surface area contributed by atoms with Crippen LogP contribution in [0.25, 0.3) is 34.6 Å². The molecule has 1 saturated carbocycles. The molecule has 18 nitrogen and oxygen atoms in total. The maximum atomic E-state index is 13.7. The van der Waals surface area contributed by atoms with Gasteiger partial charge in [-0.05, 0) is 245 Å². The Balaban J connectivity index is 0.000000218. The molecular weight excluding hydrogens is 1770 g/mol. The number of hydrogen-bond acceptors (Lipinski definition) is 13. The number of aliphatic carboxylic acids is 2. The van der Waals surface area contributed by atoms with Crippen LogP contribution in [0.5, 0.6) is 17.2 Å². The van der Waals surface area contributed by atoms with Gasteiger partial charge in [0.2, 0.25) is 0 Å². The van der Waals surface area contributed by atoms with Gasteiger partial charge < -0.3 is 51.4 Å². The molecule has 21 heteroatoms. The number of Topliss-reactive ketones (excluding diaryl/α,β-unsaturated/α-hetero) is 1. The Labute approximate surface area is 757 Å². The second-order valence-corrected chi connectivity index (χ2v) is 33.7. The second-order valence-electron chi connectivity index (χ2n) is 32.1. The summed E-state index contributed by atoms with van der Waals surface area (Å²) in [5.74, 6) is 0.828. The van der Waals surface area contributed by atoms with E-state index in [1.54, 1.807) is 27.7 Å². The number of allylic oxidation sites excluding steroid dienone is 2. The number of ketones is 1. The van der Waals surface area contributed by atoms with Gasteiger partial charge >= 0.3 is 33.0 Å². The van der Waals surface area contributed by atoms with E-state index in [1.165, 1.54) is 105 Å². The van der Waals surface area contributed by atoms with Crippen LogP contribution in [0, 0.1) is 28.1 Å². The van der Waals surface area contributed by atoms with Crippen LogP contribution in [0.1, 0.15) is 169 Å². The summed E-state index contributed by atoms with van der Waals surface area (Å²) in [6.07, 6.45) is 10.2. The molecule has 3 heterocycles. The summed E-state index contributed by atoms with van der Waals surface area (Å²) in [6.45, 7) is 17.8. The molecule has 11 aromatic rings. The Morgan fingerprint density at radius 2 is 0.952 bits per heavy atom. The number of fused-ring (bicyclic) bond motifs is 1. The molecule has 650 valence electrons. The number of nitrogens with two attached hydrogens (primary N) is 2. The number of halogens is 1.